The number of thioether (sulfide) groups is 1. The Hall–Kier alpha value is -0.660. The predicted molar refractivity (Wildman–Crippen MR) is 67.3 cm³/mol. The quantitative estimate of drug-likeness (QED) is 0.597. The molecule has 1 saturated heterocycles. The first kappa shape index (κ1) is 13.4. The Morgan fingerprint density at radius 2 is 2.25 bits per heavy atom. The minimum absolute atomic E-state index is 0.124. The summed E-state index contributed by atoms with van der Waals surface area (Å²) in [6, 6.07) is 0. The van der Waals surface area contributed by atoms with Crippen LogP contribution in [0.4, 0.5) is 0 Å². The zero-order valence-corrected chi connectivity index (χ0v) is 10.9. The SMILES string of the molecule is C#CCNC1(C(=O)OC)CSCC(C)(C)C1. The van der Waals surface area contributed by atoms with Crippen molar-refractivity contribution in [2.24, 2.45) is 5.41 Å². The van der Waals surface area contributed by atoms with Crippen LogP contribution in [0.5, 0.6) is 0 Å². The highest BCUT2D eigenvalue weighted by atomic mass is 32.2. The summed E-state index contributed by atoms with van der Waals surface area (Å²) in [7, 11) is 1.42. The summed E-state index contributed by atoms with van der Waals surface area (Å²) < 4.78 is 4.90. The first-order valence-corrected chi connectivity index (χ1v) is 6.46. The lowest BCUT2D eigenvalue weighted by molar-refractivity contribution is -0.149. The summed E-state index contributed by atoms with van der Waals surface area (Å²) in [5.74, 6) is 4.10. The van der Waals surface area contributed by atoms with E-state index in [9.17, 15) is 4.79 Å². The van der Waals surface area contributed by atoms with Crippen LogP contribution in [0, 0.1) is 17.8 Å². The zero-order valence-electron chi connectivity index (χ0n) is 10.1. The molecule has 0 saturated carbocycles. The van der Waals surface area contributed by atoms with Crippen LogP contribution in [0.15, 0.2) is 0 Å². The van der Waals surface area contributed by atoms with Crippen LogP contribution in [-0.4, -0.2) is 36.7 Å². The van der Waals surface area contributed by atoms with Crippen LogP contribution in [-0.2, 0) is 9.53 Å². The summed E-state index contributed by atoms with van der Waals surface area (Å²) >= 11 is 1.77. The molecule has 0 aliphatic carbocycles. The molecule has 1 aliphatic heterocycles. The molecule has 0 aromatic rings. The summed E-state index contributed by atoms with van der Waals surface area (Å²) in [4.78, 5) is 11.9. The molecule has 0 aromatic heterocycles. The maximum Gasteiger partial charge on any atom is 0.326 e. The smallest absolute Gasteiger partial charge is 0.326 e. The van der Waals surface area contributed by atoms with Crippen LogP contribution in [0.3, 0.4) is 0 Å². The molecule has 3 nitrogen and oxygen atoms in total. The molecule has 0 bridgehead atoms. The van der Waals surface area contributed by atoms with E-state index < -0.39 is 5.54 Å². The number of hydrogen-bond acceptors (Lipinski definition) is 4. The average molecular weight is 241 g/mol. The van der Waals surface area contributed by atoms with E-state index in [0.29, 0.717) is 6.54 Å². The van der Waals surface area contributed by atoms with Crippen molar-refractivity contribution in [2.75, 3.05) is 25.2 Å². The van der Waals surface area contributed by atoms with Crippen LogP contribution in [0.25, 0.3) is 0 Å². The molecule has 90 valence electrons. The lowest BCUT2D eigenvalue weighted by atomic mass is 9.79. The molecule has 0 radical (unpaired) electrons. The third-order valence-electron chi connectivity index (χ3n) is 2.73. The maximum atomic E-state index is 11.9. The van der Waals surface area contributed by atoms with Gasteiger partial charge in [0.05, 0.1) is 13.7 Å². The minimum atomic E-state index is -0.618. The number of terminal acetylenes is 1. The van der Waals surface area contributed by atoms with E-state index in [0.717, 1.165) is 17.9 Å². The Kier molecular flexibility index (Phi) is 4.28. The van der Waals surface area contributed by atoms with Crippen LogP contribution in [0.2, 0.25) is 0 Å². The fourth-order valence-electron chi connectivity index (χ4n) is 2.15. The molecule has 1 N–H and O–H groups in total. The second kappa shape index (κ2) is 5.11. The van der Waals surface area contributed by atoms with E-state index in [1.165, 1.54) is 7.11 Å². The molecule has 1 rings (SSSR count). The van der Waals surface area contributed by atoms with E-state index in [2.05, 4.69) is 25.1 Å². The Morgan fingerprint density at radius 3 is 2.75 bits per heavy atom. The van der Waals surface area contributed by atoms with Crippen molar-refractivity contribution in [3.05, 3.63) is 0 Å². The van der Waals surface area contributed by atoms with Gasteiger partial charge in [-0.15, -0.1) is 6.42 Å². The lowest BCUT2D eigenvalue weighted by Crippen LogP contribution is -2.59. The fourth-order valence-corrected chi connectivity index (χ4v) is 3.58. The van der Waals surface area contributed by atoms with Gasteiger partial charge >= 0.3 is 5.97 Å². The number of carbonyl (C=O) groups is 1. The van der Waals surface area contributed by atoms with Gasteiger partial charge in [-0.05, 0) is 17.6 Å². The molecule has 1 fully saturated rings. The molecule has 0 aromatic carbocycles. The predicted octanol–water partition coefficient (Wildman–Crippen LogP) is 1.28. The average Bonchev–Trinajstić information content (AvgIpc) is 2.24. The molecule has 1 aliphatic rings. The number of hydrogen-bond donors (Lipinski definition) is 1. The summed E-state index contributed by atoms with van der Waals surface area (Å²) in [5, 5.41) is 3.16. The number of rotatable bonds is 3. The van der Waals surface area contributed by atoms with Gasteiger partial charge in [-0.25, -0.2) is 0 Å². The van der Waals surface area contributed by atoms with Gasteiger partial charge in [0.1, 0.15) is 5.54 Å². The lowest BCUT2D eigenvalue weighted by Gasteiger charge is -2.42. The van der Waals surface area contributed by atoms with Gasteiger partial charge in [0.15, 0.2) is 0 Å². The summed E-state index contributed by atoms with van der Waals surface area (Å²) in [5.41, 5.74) is -0.494. The third-order valence-corrected chi connectivity index (χ3v) is 4.41. The van der Waals surface area contributed by atoms with E-state index in [4.69, 9.17) is 11.2 Å². The van der Waals surface area contributed by atoms with E-state index in [1.807, 2.05) is 0 Å². The van der Waals surface area contributed by atoms with Gasteiger partial charge < -0.3 is 4.74 Å². The summed E-state index contributed by atoms with van der Waals surface area (Å²) in [6.07, 6.45) is 6.01. The van der Waals surface area contributed by atoms with Gasteiger partial charge in [-0.2, -0.15) is 11.8 Å². The van der Waals surface area contributed by atoms with Crippen molar-refractivity contribution in [1.82, 2.24) is 5.32 Å². The number of methoxy groups -OCH3 is 1. The second-order valence-electron chi connectivity index (χ2n) is 4.97. The number of esters is 1. The number of nitrogens with one attached hydrogen (secondary N) is 1. The monoisotopic (exact) mass is 241 g/mol. The standard InChI is InChI=1S/C12H19NO2S/c1-5-6-13-12(10(14)15-4)7-11(2,3)8-16-9-12/h1,13H,6-9H2,2-4H3. The van der Waals surface area contributed by atoms with Gasteiger partial charge in [-0.1, -0.05) is 19.8 Å². The van der Waals surface area contributed by atoms with Crippen molar-refractivity contribution in [3.63, 3.8) is 0 Å². The highest BCUT2D eigenvalue weighted by Crippen LogP contribution is 2.39. The molecule has 4 heteroatoms. The largest absolute Gasteiger partial charge is 0.468 e. The third kappa shape index (κ3) is 2.93. The maximum absolute atomic E-state index is 11.9. The van der Waals surface area contributed by atoms with E-state index in [-0.39, 0.29) is 11.4 Å². The number of ether oxygens (including phenoxy) is 1. The van der Waals surface area contributed by atoms with Gasteiger partial charge in [0.2, 0.25) is 0 Å². The summed E-state index contributed by atoms with van der Waals surface area (Å²) in [6.45, 7) is 4.72. The molecular weight excluding hydrogens is 222 g/mol. The Labute approximate surface area is 102 Å². The van der Waals surface area contributed by atoms with Crippen molar-refractivity contribution < 1.29 is 9.53 Å². The molecule has 1 heterocycles. The Morgan fingerprint density at radius 1 is 1.56 bits per heavy atom. The first-order valence-electron chi connectivity index (χ1n) is 5.30. The van der Waals surface area contributed by atoms with Gasteiger partial charge in [0, 0.05) is 5.75 Å². The Bertz CT molecular complexity index is 309. The second-order valence-corrected chi connectivity index (χ2v) is 5.95. The fraction of sp³-hybridized carbons (Fsp3) is 0.750. The van der Waals surface area contributed by atoms with Crippen LogP contribution < -0.4 is 5.32 Å². The first-order chi connectivity index (χ1) is 7.46. The van der Waals surface area contributed by atoms with Crippen molar-refractivity contribution in [3.8, 4) is 12.3 Å². The van der Waals surface area contributed by atoms with Crippen molar-refractivity contribution >= 4 is 17.7 Å². The number of carbonyl (C=O) groups excluding carboxylic acids is 1. The molecule has 1 unspecified atom stereocenters. The molecular formula is C12H19NO2S. The van der Waals surface area contributed by atoms with Crippen molar-refractivity contribution in [1.29, 1.82) is 0 Å². The molecule has 1 atom stereocenters. The topological polar surface area (TPSA) is 38.3 Å². The molecule has 0 spiro atoms. The minimum Gasteiger partial charge on any atom is -0.468 e. The Balaban J connectivity index is 2.86. The van der Waals surface area contributed by atoms with Gasteiger partial charge in [-0.3, -0.25) is 10.1 Å². The van der Waals surface area contributed by atoms with Crippen molar-refractivity contribution in [2.45, 2.75) is 25.8 Å². The van der Waals surface area contributed by atoms with Crippen LogP contribution in [0.1, 0.15) is 20.3 Å². The van der Waals surface area contributed by atoms with E-state index in [1.54, 1.807) is 11.8 Å². The molecule has 16 heavy (non-hydrogen) atoms. The normalized spacial score (nSPS) is 28.1. The molecule has 0 amide bonds. The van der Waals surface area contributed by atoms with Gasteiger partial charge in [0.25, 0.3) is 0 Å². The highest BCUT2D eigenvalue weighted by Gasteiger charge is 2.46. The highest BCUT2D eigenvalue weighted by molar-refractivity contribution is 7.99. The van der Waals surface area contributed by atoms with E-state index >= 15 is 0 Å². The zero-order chi connectivity index (χ0) is 12.2. The van der Waals surface area contributed by atoms with Crippen LogP contribution >= 0.6 is 11.8 Å².